The van der Waals surface area contributed by atoms with Crippen molar-refractivity contribution in [1.29, 1.82) is 0 Å². The van der Waals surface area contributed by atoms with Crippen molar-refractivity contribution in [2.24, 2.45) is 0 Å². The van der Waals surface area contributed by atoms with Crippen LogP contribution in [-0.4, -0.2) is 27.3 Å². The first-order chi connectivity index (χ1) is 8.17. The highest BCUT2D eigenvalue weighted by molar-refractivity contribution is 5.56. The first-order valence-electron chi connectivity index (χ1n) is 5.11. The van der Waals surface area contributed by atoms with Crippen molar-refractivity contribution >= 4 is 6.08 Å². The number of methoxy groups -OCH3 is 1. The largest absolute Gasteiger partial charge is 0.493 e. The van der Waals surface area contributed by atoms with Crippen molar-refractivity contribution in [2.75, 3.05) is 20.7 Å². The van der Waals surface area contributed by atoms with Gasteiger partial charge in [-0.15, -0.1) is 0 Å². The second kappa shape index (κ2) is 6.85. The molecule has 0 saturated heterocycles. The lowest BCUT2D eigenvalue weighted by atomic mass is 10.2. The highest BCUT2D eigenvalue weighted by Gasteiger charge is 2.10. The van der Waals surface area contributed by atoms with E-state index in [1.165, 1.54) is 13.2 Å². The molecule has 0 aliphatic rings. The maximum Gasteiger partial charge on any atom is 0.387 e. The van der Waals surface area contributed by atoms with Crippen LogP contribution in [0.15, 0.2) is 24.3 Å². The molecular formula is C12H15F2NO2. The number of nitrogens with one attached hydrogen (secondary N) is 1. The van der Waals surface area contributed by atoms with Gasteiger partial charge in [0, 0.05) is 6.54 Å². The Balaban J connectivity index is 2.88. The lowest BCUT2D eigenvalue weighted by Gasteiger charge is -2.10. The van der Waals surface area contributed by atoms with Gasteiger partial charge >= 0.3 is 6.61 Å². The molecule has 5 heteroatoms. The third-order valence-electron chi connectivity index (χ3n) is 2.04. The van der Waals surface area contributed by atoms with E-state index in [9.17, 15) is 8.78 Å². The van der Waals surface area contributed by atoms with Gasteiger partial charge in [0.2, 0.25) is 0 Å². The van der Waals surface area contributed by atoms with Gasteiger partial charge in [0.05, 0.1) is 7.11 Å². The minimum Gasteiger partial charge on any atom is -0.493 e. The van der Waals surface area contributed by atoms with E-state index >= 15 is 0 Å². The van der Waals surface area contributed by atoms with Crippen LogP contribution >= 0.6 is 0 Å². The van der Waals surface area contributed by atoms with Crippen molar-refractivity contribution in [1.82, 2.24) is 5.32 Å². The summed E-state index contributed by atoms with van der Waals surface area (Å²) in [6.45, 7) is -2.16. The van der Waals surface area contributed by atoms with Crippen molar-refractivity contribution < 1.29 is 18.3 Å². The van der Waals surface area contributed by atoms with Gasteiger partial charge in [-0.3, -0.25) is 0 Å². The number of rotatable bonds is 6. The van der Waals surface area contributed by atoms with E-state index in [0.29, 0.717) is 6.54 Å². The highest BCUT2D eigenvalue weighted by Crippen LogP contribution is 2.29. The zero-order valence-corrected chi connectivity index (χ0v) is 9.74. The lowest BCUT2D eigenvalue weighted by molar-refractivity contribution is -0.0512. The predicted octanol–water partition coefficient (Wildman–Crippen LogP) is 2.53. The number of likely N-dealkylation sites (N-methyl/N-ethyl adjacent to an activating group) is 1. The number of ether oxygens (including phenoxy) is 2. The van der Waals surface area contributed by atoms with Crippen LogP contribution in [0.3, 0.4) is 0 Å². The first-order valence-corrected chi connectivity index (χ1v) is 5.11. The van der Waals surface area contributed by atoms with Crippen molar-refractivity contribution in [3.05, 3.63) is 29.8 Å². The van der Waals surface area contributed by atoms with Crippen LogP contribution < -0.4 is 14.8 Å². The fraction of sp³-hybridized carbons (Fsp3) is 0.333. The van der Waals surface area contributed by atoms with Gasteiger partial charge in [-0.25, -0.2) is 0 Å². The molecule has 1 aromatic rings. The Morgan fingerprint density at radius 2 is 2.12 bits per heavy atom. The summed E-state index contributed by atoms with van der Waals surface area (Å²) in [6, 6.07) is 4.87. The SMILES string of the molecule is CNCC=Cc1ccc(OC)c(OC(F)F)c1. The normalized spacial score (nSPS) is 11.1. The molecule has 0 unspecified atom stereocenters. The number of alkyl halides is 2. The van der Waals surface area contributed by atoms with E-state index in [1.807, 2.05) is 19.2 Å². The maximum absolute atomic E-state index is 12.2. The van der Waals surface area contributed by atoms with Gasteiger partial charge in [0.15, 0.2) is 11.5 Å². The maximum atomic E-state index is 12.2. The van der Waals surface area contributed by atoms with E-state index < -0.39 is 6.61 Å². The Morgan fingerprint density at radius 1 is 1.35 bits per heavy atom. The van der Waals surface area contributed by atoms with E-state index in [1.54, 1.807) is 12.1 Å². The van der Waals surface area contributed by atoms with Gasteiger partial charge in [-0.05, 0) is 24.7 Å². The summed E-state index contributed by atoms with van der Waals surface area (Å²) in [5, 5.41) is 2.94. The van der Waals surface area contributed by atoms with Crippen molar-refractivity contribution in [2.45, 2.75) is 6.61 Å². The Labute approximate surface area is 99.0 Å². The summed E-state index contributed by atoms with van der Waals surface area (Å²) < 4.78 is 33.6. The number of hydrogen-bond acceptors (Lipinski definition) is 3. The van der Waals surface area contributed by atoms with E-state index in [2.05, 4.69) is 10.1 Å². The molecule has 0 radical (unpaired) electrons. The molecule has 0 atom stereocenters. The fourth-order valence-electron chi connectivity index (χ4n) is 1.30. The third kappa shape index (κ3) is 4.40. The van der Waals surface area contributed by atoms with Gasteiger partial charge in [0.1, 0.15) is 0 Å². The van der Waals surface area contributed by atoms with Crippen LogP contribution in [0.1, 0.15) is 5.56 Å². The summed E-state index contributed by atoms with van der Waals surface area (Å²) in [7, 11) is 3.23. The lowest BCUT2D eigenvalue weighted by Crippen LogP contribution is -2.04. The van der Waals surface area contributed by atoms with Gasteiger partial charge in [0.25, 0.3) is 0 Å². The van der Waals surface area contributed by atoms with Crippen molar-refractivity contribution in [3.63, 3.8) is 0 Å². The molecule has 1 aromatic carbocycles. The first kappa shape index (κ1) is 13.4. The van der Waals surface area contributed by atoms with E-state index in [0.717, 1.165) is 5.56 Å². The second-order valence-electron chi connectivity index (χ2n) is 3.25. The average molecular weight is 243 g/mol. The van der Waals surface area contributed by atoms with Crippen LogP contribution in [0.5, 0.6) is 11.5 Å². The third-order valence-corrected chi connectivity index (χ3v) is 2.04. The van der Waals surface area contributed by atoms with Gasteiger partial charge in [-0.1, -0.05) is 18.2 Å². The van der Waals surface area contributed by atoms with Crippen LogP contribution in [0.4, 0.5) is 8.78 Å². The van der Waals surface area contributed by atoms with E-state index in [4.69, 9.17) is 4.74 Å². The average Bonchev–Trinajstić information content (AvgIpc) is 2.29. The fourth-order valence-corrected chi connectivity index (χ4v) is 1.30. The molecule has 0 amide bonds. The molecular weight excluding hydrogens is 228 g/mol. The summed E-state index contributed by atoms with van der Waals surface area (Å²) in [4.78, 5) is 0. The molecule has 0 aliphatic heterocycles. The molecule has 0 saturated carbocycles. The van der Waals surface area contributed by atoms with E-state index in [-0.39, 0.29) is 11.5 Å². The zero-order chi connectivity index (χ0) is 12.7. The van der Waals surface area contributed by atoms with Gasteiger partial charge in [-0.2, -0.15) is 8.78 Å². The van der Waals surface area contributed by atoms with Crippen LogP contribution in [0.2, 0.25) is 0 Å². The molecule has 94 valence electrons. The minimum atomic E-state index is -2.86. The van der Waals surface area contributed by atoms with Crippen LogP contribution in [0.25, 0.3) is 6.08 Å². The molecule has 1 rings (SSSR count). The summed E-state index contributed by atoms with van der Waals surface area (Å²) in [6.07, 6.45) is 3.70. The van der Waals surface area contributed by atoms with Gasteiger partial charge < -0.3 is 14.8 Å². The molecule has 1 N–H and O–H groups in total. The topological polar surface area (TPSA) is 30.5 Å². The van der Waals surface area contributed by atoms with Crippen molar-refractivity contribution in [3.8, 4) is 11.5 Å². The monoisotopic (exact) mass is 243 g/mol. The smallest absolute Gasteiger partial charge is 0.387 e. The highest BCUT2D eigenvalue weighted by atomic mass is 19.3. The molecule has 0 fully saturated rings. The standard InChI is InChI=1S/C12H15F2NO2/c1-15-7-3-4-9-5-6-10(16-2)11(8-9)17-12(13)14/h3-6,8,12,15H,7H2,1-2H3. The predicted molar refractivity (Wildman–Crippen MR) is 62.6 cm³/mol. The zero-order valence-electron chi connectivity index (χ0n) is 9.74. The minimum absolute atomic E-state index is 0.0362. The molecule has 0 heterocycles. The van der Waals surface area contributed by atoms with Crippen LogP contribution in [-0.2, 0) is 0 Å². The second-order valence-corrected chi connectivity index (χ2v) is 3.25. The molecule has 0 bridgehead atoms. The molecule has 0 spiro atoms. The summed E-state index contributed by atoms with van der Waals surface area (Å²) >= 11 is 0. The Bertz CT molecular complexity index is 381. The number of benzene rings is 1. The molecule has 0 aliphatic carbocycles. The molecule has 17 heavy (non-hydrogen) atoms. The molecule has 0 aromatic heterocycles. The summed E-state index contributed by atoms with van der Waals surface area (Å²) in [5.41, 5.74) is 0.775. The summed E-state index contributed by atoms with van der Waals surface area (Å²) in [5.74, 6) is 0.324. The quantitative estimate of drug-likeness (QED) is 0.832. The van der Waals surface area contributed by atoms with Crippen LogP contribution in [0, 0.1) is 0 Å². The number of hydrogen-bond donors (Lipinski definition) is 1. The Morgan fingerprint density at radius 3 is 2.71 bits per heavy atom. The Hall–Kier alpha value is -1.62. The Kier molecular flexibility index (Phi) is 5.42. The molecule has 3 nitrogen and oxygen atoms in total. The number of halogens is 2.